The number of benzene rings is 2. The highest BCUT2D eigenvalue weighted by Gasteiger charge is 2.29. The molecular formula is C19H14ClF3N2O3S. The average Bonchev–Trinajstić information content (AvgIpc) is 3.19. The van der Waals surface area contributed by atoms with E-state index >= 15 is 0 Å². The van der Waals surface area contributed by atoms with Crippen LogP contribution in [0.4, 0.5) is 18.9 Å². The van der Waals surface area contributed by atoms with Crippen molar-refractivity contribution in [2.24, 2.45) is 0 Å². The van der Waals surface area contributed by atoms with Gasteiger partial charge in [-0.1, -0.05) is 17.7 Å². The van der Waals surface area contributed by atoms with E-state index in [0.29, 0.717) is 5.75 Å². The molecule has 0 aliphatic carbocycles. The number of amides is 1. The molecule has 1 amide bonds. The lowest BCUT2D eigenvalue weighted by Gasteiger charge is -2.14. The maximum Gasteiger partial charge on any atom is 0.422 e. The van der Waals surface area contributed by atoms with E-state index in [1.807, 2.05) is 5.38 Å². The molecule has 0 atom stereocenters. The van der Waals surface area contributed by atoms with Crippen molar-refractivity contribution in [2.75, 3.05) is 11.9 Å². The molecule has 1 aromatic heterocycles. The molecule has 0 saturated carbocycles. The molecule has 3 aromatic rings. The number of nitrogens with one attached hydrogen (secondary N) is 1. The zero-order valence-corrected chi connectivity index (χ0v) is 16.3. The second kappa shape index (κ2) is 9.15. The van der Waals surface area contributed by atoms with E-state index in [1.54, 1.807) is 23.7 Å². The van der Waals surface area contributed by atoms with Crippen LogP contribution >= 0.6 is 22.9 Å². The molecule has 3 rings (SSSR count). The smallest absolute Gasteiger partial charge is 0.422 e. The van der Waals surface area contributed by atoms with Crippen LogP contribution in [0, 0.1) is 0 Å². The highest BCUT2D eigenvalue weighted by atomic mass is 35.5. The van der Waals surface area contributed by atoms with Gasteiger partial charge in [-0.2, -0.15) is 13.2 Å². The Morgan fingerprint density at radius 1 is 1.17 bits per heavy atom. The summed E-state index contributed by atoms with van der Waals surface area (Å²) in [7, 11) is 0. The third-order valence-electron chi connectivity index (χ3n) is 3.55. The normalized spacial score (nSPS) is 11.2. The summed E-state index contributed by atoms with van der Waals surface area (Å²) in [5.74, 6) is -0.246. The second-order valence-corrected chi connectivity index (χ2v) is 6.95. The van der Waals surface area contributed by atoms with Crippen molar-refractivity contribution in [3.63, 3.8) is 0 Å². The fraction of sp³-hybridized carbons (Fsp3) is 0.158. The molecular weight excluding hydrogens is 429 g/mol. The number of ether oxygens (including phenoxy) is 2. The lowest BCUT2D eigenvalue weighted by molar-refractivity contribution is -0.153. The number of alkyl halides is 3. The summed E-state index contributed by atoms with van der Waals surface area (Å²) < 4.78 is 47.7. The van der Waals surface area contributed by atoms with Crippen LogP contribution in [0.25, 0.3) is 0 Å². The Balaban J connectivity index is 1.71. The number of aromatic nitrogens is 1. The minimum Gasteiger partial charge on any atom is -0.487 e. The fourth-order valence-corrected chi connectivity index (χ4v) is 2.99. The Morgan fingerprint density at radius 2 is 2.00 bits per heavy atom. The van der Waals surface area contributed by atoms with Gasteiger partial charge in [0.25, 0.3) is 5.91 Å². The molecule has 0 aliphatic rings. The van der Waals surface area contributed by atoms with Gasteiger partial charge in [-0.3, -0.25) is 4.79 Å². The van der Waals surface area contributed by atoms with Crippen LogP contribution in [-0.4, -0.2) is 23.7 Å². The topological polar surface area (TPSA) is 60.5 Å². The van der Waals surface area contributed by atoms with Gasteiger partial charge < -0.3 is 14.8 Å². The molecule has 5 nitrogen and oxygen atoms in total. The highest BCUT2D eigenvalue weighted by Crippen LogP contribution is 2.30. The van der Waals surface area contributed by atoms with Crippen molar-refractivity contribution in [1.82, 2.24) is 4.98 Å². The summed E-state index contributed by atoms with van der Waals surface area (Å²) in [4.78, 5) is 16.7. The van der Waals surface area contributed by atoms with E-state index in [0.717, 1.165) is 5.69 Å². The summed E-state index contributed by atoms with van der Waals surface area (Å²) in [5, 5.41) is 4.60. The monoisotopic (exact) mass is 442 g/mol. The van der Waals surface area contributed by atoms with E-state index in [1.165, 1.54) is 35.6 Å². The molecule has 1 heterocycles. The first-order chi connectivity index (χ1) is 13.8. The number of carbonyl (C=O) groups excluding carboxylic acids is 1. The van der Waals surface area contributed by atoms with E-state index in [-0.39, 0.29) is 28.6 Å². The summed E-state index contributed by atoms with van der Waals surface area (Å²) in [5.41, 5.74) is 2.73. The summed E-state index contributed by atoms with van der Waals surface area (Å²) in [6.45, 7) is -1.24. The van der Waals surface area contributed by atoms with Crippen molar-refractivity contribution in [3.8, 4) is 11.5 Å². The third-order valence-corrected chi connectivity index (χ3v) is 4.42. The molecule has 0 aliphatic heterocycles. The Morgan fingerprint density at radius 3 is 2.72 bits per heavy atom. The van der Waals surface area contributed by atoms with Crippen LogP contribution < -0.4 is 14.8 Å². The minimum atomic E-state index is -4.51. The molecule has 0 saturated heterocycles. The molecule has 2 aromatic carbocycles. The van der Waals surface area contributed by atoms with Crippen molar-refractivity contribution >= 4 is 34.5 Å². The molecule has 0 unspecified atom stereocenters. The van der Waals surface area contributed by atoms with E-state index < -0.39 is 18.7 Å². The van der Waals surface area contributed by atoms with Crippen LogP contribution in [0.1, 0.15) is 16.1 Å². The SMILES string of the molecule is O=C(Nc1cc(Cl)ccc1OCC(F)(F)F)c1cccc(OCc2cscn2)c1. The van der Waals surface area contributed by atoms with E-state index in [2.05, 4.69) is 10.3 Å². The number of anilines is 1. The van der Waals surface area contributed by atoms with E-state index in [9.17, 15) is 18.0 Å². The zero-order chi connectivity index (χ0) is 20.9. The number of nitrogens with zero attached hydrogens (tertiary/aromatic N) is 1. The van der Waals surface area contributed by atoms with Gasteiger partial charge in [0, 0.05) is 16.0 Å². The van der Waals surface area contributed by atoms with Crippen LogP contribution in [0.2, 0.25) is 5.02 Å². The van der Waals surface area contributed by atoms with Gasteiger partial charge in [-0.05, 0) is 36.4 Å². The van der Waals surface area contributed by atoms with Crippen molar-refractivity contribution in [2.45, 2.75) is 12.8 Å². The van der Waals surface area contributed by atoms with Crippen molar-refractivity contribution in [1.29, 1.82) is 0 Å². The third kappa shape index (κ3) is 6.37. The molecule has 29 heavy (non-hydrogen) atoms. The van der Waals surface area contributed by atoms with Gasteiger partial charge in [-0.25, -0.2) is 4.98 Å². The lowest BCUT2D eigenvalue weighted by atomic mass is 10.2. The number of hydrogen-bond acceptors (Lipinski definition) is 5. The number of thiazole rings is 1. The van der Waals surface area contributed by atoms with Crippen LogP contribution in [-0.2, 0) is 6.61 Å². The Labute approximate surface area is 173 Å². The summed E-state index contributed by atoms with van der Waals surface area (Å²) in [6, 6.07) is 10.3. The first kappa shape index (κ1) is 20.9. The maximum atomic E-state index is 12.6. The molecule has 0 bridgehead atoms. The van der Waals surface area contributed by atoms with Gasteiger partial charge >= 0.3 is 6.18 Å². The number of hydrogen-bond donors (Lipinski definition) is 1. The summed E-state index contributed by atoms with van der Waals surface area (Å²) in [6.07, 6.45) is -4.51. The molecule has 0 fully saturated rings. The first-order valence-electron chi connectivity index (χ1n) is 8.20. The van der Waals surface area contributed by atoms with E-state index in [4.69, 9.17) is 21.1 Å². The number of rotatable bonds is 7. The predicted molar refractivity (Wildman–Crippen MR) is 104 cm³/mol. The zero-order valence-electron chi connectivity index (χ0n) is 14.7. The van der Waals surface area contributed by atoms with Gasteiger partial charge in [0.05, 0.1) is 16.9 Å². The van der Waals surface area contributed by atoms with Gasteiger partial charge in [0.2, 0.25) is 0 Å². The van der Waals surface area contributed by atoms with Crippen LogP contribution in [0.3, 0.4) is 0 Å². The van der Waals surface area contributed by atoms with Gasteiger partial charge in [0.1, 0.15) is 18.1 Å². The minimum absolute atomic E-state index is 0.0283. The molecule has 0 radical (unpaired) electrons. The highest BCUT2D eigenvalue weighted by molar-refractivity contribution is 7.07. The molecule has 1 N–H and O–H groups in total. The quantitative estimate of drug-likeness (QED) is 0.519. The van der Waals surface area contributed by atoms with Gasteiger partial charge in [0.15, 0.2) is 6.61 Å². The van der Waals surface area contributed by atoms with Gasteiger partial charge in [-0.15, -0.1) is 11.3 Å². The second-order valence-electron chi connectivity index (χ2n) is 5.79. The number of carbonyl (C=O) groups is 1. The first-order valence-corrected chi connectivity index (χ1v) is 9.52. The average molecular weight is 443 g/mol. The Hall–Kier alpha value is -2.78. The Bertz CT molecular complexity index is 981. The largest absolute Gasteiger partial charge is 0.487 e. The Kier molecular flexibility index (Phi) is 6.60. The standard InChI is InChI=1S/C19H14ClF3N2O3S/c20-13-4-5-17(28-10-19(21,22)23)16(7-13)25-18(26)12-2-1-3-15(6-12)27-8-14-9-29-11-24-14/h1-7,9,11H,8,10H2,(H,25,26). The number of halogens is 4. The van der Waals surface area contributed by atoms with Crippen molar-refractivity contribution in [3.05, 3.63) is 69.6 Å². The summed E-state index contributed by atoms with van der Waals surface area (Å²) >= 11 is 7.34. The molecule has 152 valence electrons. The molecule has 0 spiro atoms. The lowest BCUT2D eigenvalue weighted by Crippen LogP contribution is -2.20. The fourth-order valence-electron chi connectivity index (χ4n) is 2.27. The van der Waals surface area contributed by atoms with Crippen molar-refractivity contribution < 1.29 is 27.4 Å². The maximum absolute atomic E-state index is 12.6. The predicted octanol–water partition coefficient (Wildman–Crippen LogP) is 5.57. The molecule has 10 heteroatoms. The van der Waals surface area contributed by atoms with Crippen LogP contribution in [0.5, 0.6) is 11.5 Å². The van der Waals surface area contributed by atoms with Crippen LogP contribution in [0.15, 0.2) is 53.4 Å².